The van der Waals surface area contributed by atoms with Crippen molar-refractivity contribution in [1.29, 1.82) is 0 Å². The molecule has 8 nitrogen and oxygen atoms in total. The summed E-state index contributed by atoms with van der Waals surface area (Å²) in [7, 11) is 0. The number of rotatable bonds is 5. The highest BCUT2D eigenvalue weighted by Gasteiger charge is 2.13. The van der Waals surface area contributed by atoms with Crippen LogP contribution in [0.5, 0.6) is 11.5 Å². The molecule has 2 N–H and O–H groups in total. The molecule has 3 rings (SSSR count). The lowest BCUT2D eigenvalue weighted by Crippen LogP contribution is -2.30. The number of anilines is 1. The summed E-state index contributed by atoms with van der Waals surface area (Å²) in [4.78, 5) is 21.9. The highest BCUT2D eigenvalue weighted by Crippen LogP contribution is 2.32. The number of ether oxygens (including phenoxy) is 2. The predicted octanol–water partition coefficient (Wildman–Crippen LogP) is 2.69. The fourth-order valence-electron chi connectivity index (χ4n) is 2.26. The highest BCUT2D eigenvalue weighted by molar-refractivity contribution is 5.89. The first-order valence-corrected chi connectivity index (χ1v) is 7.29. The molecule has 0 aromatic heterocycles. The summed E-state index contributed by atoms with van der Waals surface area (Å²) in [6, 6.07) is 10.9. The van der Waals surface area contributed by atoms with Crippen molar-refractivity contribution in [3.05, 3.63) is 58.1 Å². The normalized spacial score (nSPS) is 11.8. The lowest BCUT2D eigenvalue weighted by molar-refractivity contribution is -0.384. The van der Waals surface area contributed by atoms with Gasteiger partial charge < -0.3 is 20.1 Å². The monoisotopic (exact) mass is 329 g/mol. The van der Waals surface area contributed by atoms with E-state index in [0.717, 1.165) is 11.3 Å². The van der Waals surface area contributed by atoms with Gasteiger partial charge in [0.1, 0.15) is 0 Å². The van der Waals surface area contributed by atoms with Gasteiger partial charge in [-0.1, -0.05) is 6.07 Å². The van der Waals surface area contributed by atoms with Crippen LogP contribution >= 0.6 is 0 Å². The lowest BCUT2D eigenvalue weighted by Gasteiger charge is -2.08. The predicted molar refractivity (Wildman–Crippen MR) is 86.4 cm³/mol. The Balaban J connectivity index is 1.46. The number of urea groups is 1. The maximum Gasteiger partial charge on any atom is 0.319 e. The fourth-order valence-corrected chi connectivity index (χ4v) is 2.26. The van der Waals surface area contributed by atoms with Crippen LogP contribution in [0, 0.1) is 10.1 Å². The Hall–Kier alpha value is -3.29. The third-order valence-corrected chi connectivity index (χ3v) is 3.47. The van der Waals surface area contributed by atoms with E-state index >= 15 is 0 Å². The molecule has 1 heterocycles. The van der Waals surface area contributed by atoms with Gasteiger partial charge in [-0.05, 0) is 36.2 Å². The molecular weight excluding hydrogens is 314 g/mol. The second kappa shape index (κ2) is 6.86. The Bertz CT molecular complexity index is 761. The van der Waals surface area contributed by atoms with E-state index in [1.165, 1.54) is 24.3 Å². The number of carbonyl (C=O) groups is 1. The summed E-state index contributed by atoms with van der Waals surface area (Å²) in [5.74, 6) is 1.44. The Morgan fingerprint density at radius 3 is 2.62 bits per heavy atom. The molecule has 8 heteroatoms. The number of hydrogen-bond acceptors (Lipinski definition) is 5. The first-order chi connectivity index (χ1) is 11.6. The van der Waals surface area contributed by atoms with Gasteiger partial charge in [-0.25, -0.2) is 4.79 Å². The third-order valence-electron chi connectivity index (χ3n) is 3.47. The smallest absolute Gasteiger partial charge is 0.319 e. The Morgan fingerprint density at radius 1 is 1.12 bits per heavy atom. The molecule has 1 aliphatic heterocycles. The largest absolute Gasteiger partial charge is 0.454 e. The number of benzene rings is 2. The standard InChI is InChI=1S/C16H15N3O5/c20-16(18-12-2-4-13(5-3-12)19(21)22)17-8-7-11-1-6-14-15(9-11)24-10-23-14/h1-6,9H,7-8,10H2,(H2,17,18,20). The average molecular weight is 329 g/mol. The summed E-state index contributed by atoms with van der Waals surface area (Å²) >= 11 is 0. The Kier molecular flexibility index (Phi) is 4.46. The van der Waals surface area contributed by atoms with E-state index in [0.29, 0.717) is 24.4 Å². The van der Waals surface area contributed by atoms with Gasteiger partial charge in [0.25, 0.3) is 5.69 Å². The molecule has 0 bridgehead atoms. The molecule has 124 valence electrons. The molecule has 2 amide bonds. The number of nitro groups is 1. The van der Waals surface area contributed by atoms with Gasteiger partial charge in [0.2, 0.25) is 6.79 Å². The van der Waals surface area contributed by atoms with Crippen molar-refractivity contribution in [3.63, 3.8) is 0 Å². The maximum absolute atomic E-state index is 11.8. The van der Waals surface area contributed by atoms with Crippen LogP contribution in [0.2, 0.25) is 0 Å². The average Bonchev–Trinajstić information content (AvgIpc) is 3.03. The quantitative estimate of drug-likeness (QED) is 0.648. The second-order valence-corrected chi connectivity index (χ2v) is 5.12. The van der Waals surface area contributed by atoms with Gasteiger partial charge in [-0.2, -0.15) is 0 Å². The molecule has 0 fully saturated rings. The number of nitro benzene ring substituents is 1. The minimum atomic E-state index is -0.491. The zero-order valence-corrected chi connectivity index (χ0v) is 12.7. The minimum Gasteiger partial charge on any atom is -0.454 e. The summed E-state index contributed by atoms with van der Waals surface area (Å²) in [6.07, 6.45) is 0.643. The van der Waals surface area contributed by atoms with Crippen molar-refractivity contribution in [1.82, 2.24) is 5.32 Å². The number of hydrogen-bond donors (Lipinski definition) is 2. The van der Waals surface area contributed by atoms with E-state index in [2.05, 4.69) is 10.6 Å². The van der Waals surface area contributed by atoms with Crippen molar-refractivity contribution in [2.75, 3.05) is 18.7 Å². The summed E-state index contributed by atoms with van der Waals surface area (Å²) in [6.45, 7) is 0.674. The van der Waals surface area contributed by atoms with Crippen LogP contribution in [0.25, 0.3) is 0 Å². The van der Waals surface area contributed by atoms with Crippen molar-refractivity contribution in [2.24, 2.45) is 0 Å². The zero-order chi connectivity index (χ0) is 16.9. The second-order valence-electron chi connectivity index (χ2n) is 5.12. The molecule has 24 heavy (non-hydrogen) atoms. The van der Waals surface area contributed by atoms with Gasteiger partial charge in [0, 0.05) is 24.4 Å². The van der Waals surface area contributed by atoms with Crippen LogP contribution in [0.3, 0.4) is 0 Å². The van der Waals surface area contributed by atoms with Gasteiger partial charge >= 0.3 is 6.03 Å². The van der Waals surface area contributed by atoms with Gasteiger partial charge in [0.05, 0.1) is 4.92 Å². The highest BCUT2D eigenvalue weighted by atomic mass is 16.7. The Labute approximate surface area is 137 Å². The first kappa shape index (κ1) is 15.6. The van der Waals surface area contributed by atoms with Crippen molar-refractivity contribution in [2.45, 2.75) is 6.42 Å². The number of fused-ring (bicyclic) bond motifs is 1. The minimum absolute atomic E-state index is 0.0243. The van der Waals surface area contributed by atoms with E-state index in [9.17, 15) is 14.9 Å². The molecule has 1 aliphatic rings. The van der Waals surface area contributed by atoms with E-state index in [4.69, 9.17) is 9.47 Å². The summed E-state index contributed by atoms with van der Waals surface area (Å²) in [5, 5.41) is 15.9. The molecule has 0 aliphatic carbocycles. The molecule has 0 radical (unpaired) electrons. The van der Waals surface area contributed by atoms with E-state index < -0.39 is 4.92 Å². The van der Waals surface area contributed by atoms with Crippen LogP contribution in [0.15, 0.2) is 42.5 Å². The van der Waals surface area contributed by atoms with Crippen molar-refractivity contribution in [3.8, 4) is 11.5 Å². The van der Waals surface area contributed by atoms with Crippen molar-refractivity contribution < 1.29 is 19.2 Å². The van der Waals surface area contributed by atoms with Crippen LogP contribution in [0.1, 0.15) is 5.56 Å². The van der Waals surface area contributed by atoms with Crippen LogP contribution in [-0.2, 0) is 6.42 Å². The molecular formula is C16H15N3O5. The number of nitrogens with one attached hydrogen (secondary N) is 2. The summed E-state index contributed by atoms with van der Waals surface area (Å²) < 4.78 is 10.5. The molecule has 2 aromatic carbocycles. The number of non-ortho nitro benzene ring substituents is 1. The molecule has 0 spiro atoms. The summed E-state index contributed by atoms with van der Waals surface area (Å²) in [5.41, 5.74) is 1.49. The molecule has 0 atom stereocenters. The van der Waals surface area contributed by atoms with Crippen molar-refractivity contribution >= 4 is 17.4 Å². The van der Waals surface area contributed by atoms with Gasteiger partial charge in [-0.3, -0.25) is 10.1 Å². The van der Waals surface area contributed by atoms with E-state index in [-0.39, 0.29) is 18.5 Å². The Morgan fingerprint density at radius 2 is 1.88 bits per heavy atom. The molecule has 0 saturated heterocycles. The number of nitrogens with zero attached hydrogens (tertiary/aromatic N) is 1. The van der Waals surface area contributed by atoms with Crippen LogP contribution < -0.4 is 20.1 Å². The van der Waals surface area contributed by atoms with Crippen LogP contribution in [-0.4, -0.2) is 24.3 Å². The number of carbonyl (C=O) groups excluding carboxylic acids is 1. The van der Waals surface area contributed by atoms with E-state index in [1.54, 1.807) is 0 Å². The zero-order valence-electron chi connectivity index (χ0n) is 12.7. The van der Waals surface area contributed by atoms with Gasteiger partial charge in [-0.15, -0.1) is 0 Å². The molecule has 0 unspecified atom stereocenters. The van der Waals surface area contributed by atoms with E-state index in [1.807, 2.05) is 18.2 Å². The molecule has 0 saturated carbocycles. The number of amides is 2. The molecule has 2 aromatic rings. The maximum atomic E-state index is 11.8. The first-order valence-electron chi connectivity index (χ1n) is 7.29. The van der Waals surface area contributed by atoms with Gasteiger partial charge in [0.15, 0.2) is 11.5 Å². The third kappa shape index (κ3) is 3.72. The SMILES string of the molecule is O=C(NCCc1ccc2c(c1)OCO2)Nc1ccc([N+](=O)[O-])cc1. The topological polar surface area (TPSA) is 103 Å². The fraction of sp³-hybridized carbons (Fsp3) is 0.188. The lowest BCUT2D eigenvalue weighted by atomic mass is 10.1. The van der Waals surface area contributed by atoms with Crippen LogP contribution in [0.4, 0.5) is 16.2 Å².